The number of nitrogens with two attached hydrogens (primary N) is 1. The molecule has 2 amide bonds. The van der Waals surface area contributed by atoms with Gasteiger partial charge >= 0.3 is 6.09 Å². The zero-order valence-electron chi connectivity index (χ0n) is 20.8. The van der Waals surface area contributed by atoms with Crippen LogP contribution in [0.1, 0.15) is 32.0 Å². The molecule has 1 aliphatic heterocycles. The minimum atomic E-state index is -0.538. The van der Waals surface area contributed by atoms with Crippen molar-refractivity contribution in [1.29, 1.82) is 0 Å². The van der Waals surface area contributed by atoms with Crippen molar-refractivity contribution in [3.05, 3.63) is 53.9 Å². The molecule has 1 aliphatic rings. The first-order chi connectivity index (χ1) is 16.6. The third-order valence-corrected chi connectivity index (χ3v) is 5.80. The highest BCUT2D eigenvalue weighted by Crippen LogP contribution is 2.30. The molecule has 0 aliphatic carbocycles. The molecule has 0 saturated carbocycles. The number of pyridine rings is 1. The Balaban J connectivity index is 1.42. The van der Waals surface area contributed by atoms with Gasteiger partial charge in [-0.2, -0.15) is 0 Å². The number of carbonyl (C=O) groups is 2. The van der Waals surface area contributed by atoms with E-state index in [1.165, 1.54) is 0 Å². The van der Waals surface area contributed by atoms with Gasteiger partial charge in [0, 0.05) is 56.1 Å². The third-order valence-electron chi connectivity index (χ3n) is 5.80. The van der Waals surface area contributed by atoms with Crippen LogP contribution in [0.25, 0.3) is 10.9 Å². The van der Waals surface area contributed by atoms with Crippen LogP contribution in [0.4, 0.5) is 4.79 Å². The summed E-state index contributed by atoms with van der Waals surface area (Å²) >= 11 is 0. The first-order valence-corrected chi connectivity index (χ1v) is 11.8. The van der Waals surface area contributed by atoms with E-state index >= 15 is 0 Å². The molecule has 4 rings (SSSR count). The molecular weight excluding hydrogens is 446 g/mol. The predicted molar refractivity (Wildman–Crippen MR) is 133 cm³/mol. The van der Waals surface area contributed by atoms with Crippen LogP contribution >= 0.6 is 0 Å². The molecule has 0 bridgehead atoms. The summed E-state index contributed by atoms with van der Waals surface area (Å²) in [6.45, 7) is 9.93. The molecule has 3 heterocycles. The Hall–Kier alpha value is -3.59. The number of hydrogen-bond acceptors (Lipinski definition) is 6. The van der Waals surface area contributed by atoms with Crippen LogP contribution in [0, 0.1) is 6.92 Å². The fraction of sp³-hybridized carbons (Fsp3) is 0.423. The molecule has 1 aromatic carbocycles. The molecule has 9 nitrogen and oxygen atoms in total. The summed E-state index contributed by atoms with van der Waals surface area (Å²) in [5.74, 6) is 1.16. The predicted octanol–water partition coefficient (Wildman–Crippen LogP) is 3.68. The van der Waals surface area contributed by atoms with Crippen molar-refractivity contribution in [3.63, 3.8) is 0 Å². The lowest BCUT2D eigenvalue weighted by Gasteiger charge is -2.35. The van der Waals surface area contributed by atoms with Gasteiger partial charge in [-0.1, -0.05) is 6.07 Å². The molecule has 0 unspecified atom stereocenters. The minimum absolute atomic E-state index is 0.00518. The average molecular weight is 480 g/mol. The standard InChI is InChI=1S/C26H33N5O4/c1-18-14-19(16-27)15-23(28-18)34-22-7-5-6-21-20(22)8-9-31(21)17-24(32)29-10-12-30(13-11-29)25(33)35-26(2,3)4/h5-9,14-15H,10-13,16-17,27H2,1-4H3. The Kier molecular flexibility index (Phi) is 6.98. The molecule has 0 radical (unpaired) electrons. The van der Waals surface area contributed by atoms with Gasteiger partial charge in [-0.3, -0.25) is 4.79 Å². The van der Waals surface area contributed by atoms with Gasteiger partial charge in [0.15, 0.2) is 0 Å². The second-order valence-electron chi connectivity index (χ2n) is 9.74. The number of carbonyl (C=O) groups excluding carboxylic acids is 2. The lowest BCUT2D eigenvalue weighted by molar-refractivity contribution is -0.133. The Labute approximate surface area is 205 Å². The Bertz CT molecular complexity index is 1220. The van der Waals surface area contributed by atoms with Crippen molar-refractivity contribution in [2.45, 2.75) is 46.4 Å². The summed E-state index contributed by atoms with van der Waals surface area (Å²) in [5.41, 5.74) is 7.93. The quantitative estimate of drug-likeness (QED) is 0.599. The Morgan fingerprint density at radius 3 is 2.46 bits per heavy atom. The number of hydrogen-bond donors (Lipinski definition) is 1. The van der Waals surface area contributed by atoms with Gasteiger partial charge in [0.25, 0.3) is 0 Å². The number of benzene rings is 1. The van der Waals surface area contributed by atoms with Crippen molar-refractivity contribution in [1.82, 2.24) is 19.4 Å². The van der Waals surface area contributed by atoms with Gasteiger partial charge < -0.3 is 29.6 Å². The van der Waals surface area contributed by atoms with Crippen LogP contribution in [0.5, 0.6) is 11.6 Å². The van der Waals surface area contributed by atoms with Crippen LogP contribution < -0.4 is 10.5 Å². The van der Waals surface area contributed by atoms with Gasteiger partial charge in [-0.15, -0.1) is 0 Å². The Morgan fingerprint density at radius 2 is 1.77 bits per heavy atom. The molecular formula is C26H33N5O4. The van der Waals surface area contributed by atoms with E-state index < -0.39 is 5.60 Å². The zero-order valence-corrected chi connectivity index (χ0v) is 20.8. The van der Waals surface area contributed by atoms with Crippen molar-refractivity contribution >= 4 is 22.9 Å². The van der Waals surface area contributed by atoms with Crippen LogP contribution in [0.15, 0.2) is 42.6 Å². The van der Waals surface area contributed by atoms with E-state index in [4.69, 9.17) is 15.2 Å². The van der Waals surface area contributed by atoms with Gasteiger partial charge in [0.1, 0.15) is 17.9 Å². The van der Waals surface area contributed by atoms with Crippen molar-refractivity contribution in [3.8, 4) is 11.6 Å². The second kappa shape index (κ2) is 9.95. The molecule has 1 fully saturated rings. The summed E-state index contributed by atoms with van der Waals surface area (Å²) in [4.78, 5) is 33.2. The molecule has 0 spiro atoms. The third kappa shape index (κ3) is 5.92. The minimum Gasteiger partial charge on any atom is -0.444 e. The van der Waals surface area contributed by atoms with Gasteiger partial charge in [-0.05, 0) is 57.5 Å². The van der Waals surface area contributed by atoms with Crippen LogP contribution in [-0.4, -0.2) is 63.1 Å². The highest BCUT2D eigenvalue weighted by atomic mass is 16.6. The molecule has 9 heteroatoms. The molecule has 2 N–H and O–H groups in total. The first kappa shape index (κ1) is 24.5. The number of rotatable bonds is 5. The largest absolute Gasteiger partial charge is 0.444 e. The lowest BCUT2D eigenvalue weighted by Crippen LogP contribution is -2.52. The Morgan fingerprint density at radius 1 is 1.06 bits per heavy atom. The van der Waals surface area contributed by atoms with Crippen molar-refractivity contribution < 1.29 is 19.1 Å². The molecule has 186 valence electrons. The highest BCUT2D eigenvalue weighted by molar-refractivity contribution is 5.88. The first-order valence-electron chi connectivity index (χ1n) is 11.8. The lowest BCUT2D eigenvalue weighted by atomic mass is 10.2. The SMILES string of the molecule is Cc1cc(CN)cc(Oc2cccc3c2ccn3CC(=O)N2CCN(C(=O)OC(C)(C)C)CC2)n1. The summed E-state index contributed by atoms with van der Waals surface area (Å²) < 4.78 is 13.4. The molecule has 1 saturated heterocycles. The average Bonchev–Trinajstić information content (AvgIpc) is 3.21. The van der Waals surface area contributed by atoms with Crippen LogP contribution in [0.3, 0.4) is 0 Å². The maximum atomic E-state index is 13.0. The van der Waals surface area contributed by atoms with Crippen LogP contribution in [0.2, 0.25) is 0 Å². The van der Waals surface area contributed by atoms with E-state index in [1.807, 2.05) is 74.9 Å². The number of aryl methyl sites for hydroxylation is 1. The maximum Gasteiger partial charge on any atom is 0.410 e. The smallest absolute Gasteiger partial charge is 0.410 e. The van der Waals surface area contributed by atoms with E-state index in [1.54, 1.807) is 9.80 Å². The highest BCUT2D eigenvalue weighted by Gasteiger charge is 2.27. The van der Waals surface area contributed by atoms with Gasteiger partial charge in [0.05, 0.1) is 5.52 Å². The number of aromatic nitrogens is 2. The fourth-order valence-corrected chi connectivity index (χ4v) is 4.12. The second-order valence-corrected chi connectivity index (χ2v) is 9.74. The number of amides is 2. The summed E-state index contributed by atoms with van der Waals surface area (Å²) in [6.07, 6.45) is 1.55. The summed E-state index contributed by atoms with van der Waals surface area (Å²) in [7, 11) is 0. The van der Waals surface area contributed by atoms with Crippen LogP contribution in [-0.2, 0) is 22.6 Å². The van der Waals surface area contributed by atoms with E-state index in [0.717, 1.165) is 22.2 Å². The number of fused-ring (bicyclic) bond motifs is 1. The van der Waals surface area contributed by atoms with Crippen molar-refractivity contribution in [2.24, 2.45) is 5.73 Å². The topological polar surface area (TPSA) is 103 Å². The normalized spacial score (nSPS) is 14.3. The molecule has 3 aromatic rings. The van der Waals surface area contributed by atoms with E-state index in [-0.39, 0.29) is 18.5 Å². The van der Waals surface area contributed by atoms with E-state index in [2.05, 4.69) is 4.98 Å². The maximum absolute atomic E-state index is 13.0. The number of nitrogens with zero attached hydrogens (tertiary/aromatic N) is 4. The fourth-order valence-electron chi connectivity index (χ4n) is 4.12. The summed E-state index contributed by atoms with van der Waals surface area (Å²) in [6, 6.07) is 11.5. The van der Waals surface area contributed by atoms with Crippen molar-refractivity contribution in [2.75, 3.05) is 26.2 Å². The number of ether oxygens (including phenoxy) is 2. The van der Waals surface area contributed by atoms with E-state index in [0.29, 0.717) is 44.4 Å². The van der Waals surface area contributed by atoms with Gasteiger partial charge in [-0.25, -0.2) is 9.78 Å². The van der Waals surface area contributed by atoms with Gasteiger partial charge in [0.2, 0.25) is 11.8 Å². The monoisotopic (exact) mass is 479 g/mol. The molecule has 35 heavy (non-hydrogen) atoms. The zero-order chi connectivity index (χ0) is 25.2. The summed E-state index contributed by atoms with van der Waals surface area (Å²) in [5, 5.41) is 0.896. The molecule has 2 aromatic heterocycles. The molecule has 0 atom stereocenters. The van der Waals surface area contributed by atoms with E-state index in [9.17, 15) is 9.59 Å². The number of piperazine rings is 1.